The fraction of sp³-hybridized carbons (Fsp3) is 0.318. The van der Waals surface area contributed by atoms with Crippen LogP contribution in [0.3, 0.4) is 0 Å². The summed E-state index contributed by atoms with van der Waals surface area (Å²) in [6.07, 6.45) is 11.7. The molecule has 1 amide bonds. The maximum Gasteiger partial charge on any atom is 0.243 e. The lowest BCUT2D eigenvalue weighted by molar-refractivity contribution is -0.115. The Labute approximate surface area is 157 Å². The van der Waals surface area contributed by atoms with Gasteiger partial charge in [0.1, 0.15) is 0 Å². The van der Waals surface area contributed by atoms with Crippen LogP contribution in [0.15, 0.2) is 66.2 Å². The molecule has 1 aromatic carbocycles. The number of carbonyl (C=O) groups excluding carboxylic acids is 1. The zero-order valence-electron chi connectivity index (χ0n) is 16.2. The minimum atomic E-state index is -0.102. The zero-order chi connectivity index (χ0) is 19.2. The highest BCUT2D eigenvalue weighted by Gasteiger charge is 2.01. The molecule has 0 heterocycles. The van der Waals surface area contributed by atoms with Crippen molar-refractivity contribution in [3.8, 4) is 0 Å². The fourth-order valence-electron chi connectivity index (χ4n) is 2.19. The second-order valence-corrected chi connectivity index (χ2v) is 5.84. The standard InChI is InChI=1S/C22H30N2O2/c1-5-15-26-17-21(18(3)6-2)13-14-24-16-20-9-7-19(8-10-20)11-12-22(25)23-4/h5-12,15,17,24H,13-14,16H2,1-4H3,(H,23,25)/b12-11+,15-5+,18-6+,21-17-. The molecule has 0 radical (unpaired) electrons. The molecule has 26 heavy (non-hydrogen) atoms. The van der Waals surface area contributed by atoms with Crippen molar-refractivity contribution >= 4 is 12.0 Å². The molecule has 2 N–H and O–H groups in total. The first-order valence-electron chi connectivity index (χ1n) is 8.89. The Hall–Kier alpha value is -2.59. The van der Waals surface area contributed by atoms with Gasteiger partial charge in [-0.3, -0.25) is 4.79 Å². The quantitative estimate of drug-likeness (QED) is 0.285. The molecular formula is C22H30N2O2. The average Bonchev–Trinajstić information content (AvgIpc) is 2.68. The molecule has 1 rings (SSSR count). The van der Waals surface area contributed by atoms with Crippen LogP contribution in [0, 0.1) is 0 Å². The van der Waals surface area contributed by atoms with Gasteiger partial charge in [-0.1, -0.05) is 36.4 Å². The molecule has 0 aliphatic rings. The number of carbonyl (C=O) groups is 1. The lowest BCUT2D eigenvalue weighted by Gasteiger charge is -2.09. The number of benzene rings is 1. The first-order valence-corrected chi connectivity index (χ1v) is 8.89. The van der Waals surface area contributed by atoms with Gasteiger partial charge in [0, 0.05) is 19.7 Å². The summed E-state index contributed by atoms with van der Waals surface area (Å²) in [7, 11) is 1.62. The average molecular weight is 354 g/mol. The van der Waals surface area contributed by atoms with Crippen LogP contribution in [0.25, 0.3) is 6.08 Å². The normalized spacial score (nSPS) is 12.8. The monoisotopic (exact) mass is 354 g/mol. The molecule has 140 valence electrons. The Morgan fingerprint density at radius 2 is 1.92 bits per heavy atom. The van der Waals surface area contributed by atoms with Crippen molar-refractivity contribution in [1.29, 1.82) is 0 Å². The number of rotatable bonds is 10. The highest BCUT2D eigenvalue weighted by atomic mass is 16.5. The second-order valence-electron chi connectivity index (χ2n) is 5.84. The minimum absolute atomic E-state index is 0.102. The molecule has 4 nitrogen and oxygen atoms in total. The lowest BCUT2D eigenvalue weighted by atomic mass is 10.1. The van der Waals surface area contributed by atoms with E-state index in [0.29, 0.717) is 0 Å². The third kappa shape index (κ3) is 8.49. The van der Waals surface area contributed by atoms with Gasteiger partial charge in [0.15, 0.2) is 0 Å². The number of likely N-dealkylation sites (N-methyl/N-ethyl adjacent to an activating group) is 1. The number of ether oxygens (including phenoxy) is 1. The predicted octanol–water partition coefficient (Wildman–Crippen LogP) is 4.33. The number of hydrogen-bond donors (Lipinski definition) is 2. The number of hydrogen-bond acceptors (Lipinski definition) is 3. The van der Waals surface area contributed by atoms with Gasteiger partial charge in [0.2, 0.25) is 5.91 Å². The van der Waals surface area contributed by atoms with Gasteiger partial charge in [-0.25, -0.2) is 0 Å². The SMILES string of the molecule is C/C=C/O/C=C(CCNCc1ccc(/C=C/C(=O)NC)cc1)\C(C)=C\C. The smallest absolute Gasteiger partial charge is 0.243 e. The topological polar surface area (TPSA) is 50.4 Å². The van der Waals surface area contributed by atoms with Gasteiger partial charge in [-0.2, -0.15) is 0 Å². The highest BCUT2D eigenvalue weighted by molar-refractivity contribution is 5.91. The maximum atomic E-state index is 11.2. The molecule has 0 aliphatic carbocycles. The van der Waals surface area contributed by atoms with Crippen molar-refractivity contribution in [1.82, 2.24) is 10.6 Å². The van der Waals surface area contributed by atoms with Crippen molar-refractivity contribution in [2.45, 2.75) is 33.7 Å². The Balaban J connectivity index is 2.47. The maximum absolute atomic E-state index is 11.2. The van der Waals surface area contributed by atoms with E-state index in [0.717, 1.165) is 25.1 Å². The molecule has 0 aromatic heterocycles. The predicted molar refractivity (Wildman–Crippen MR) is 109 cm³/mol. The third-order valence-electron chi connectivity index (χ3n) is 3.92. The summed E-state index contributed by atoms with van der Waals surface area (Å²) in [6.45, 7) is 7.73. The van der Waals surface area contributed by atoms with E-state index >= 15 is 0 Å². The molecule has 0 unspecified atom stereocenters. The number of nitrogens with one attached hydrogen (secondary N) is 2. The number of amides is 1. The van der Waals surface area contributed by atoms with E-state index in [1.807, 2.05) is 38.3 Å². The summed E-state index contributed by atoms with van der Waals surface area (Å²) < 4.78 is 5.40. The van der Waals surface area contributed by atoms with Gasteiger partial charge < -0.3 is 15.4 Å². The van der Waals surface area contributed by atoms with Crippen molar-refractivity contribution < 1.29 is 9.53 Å². The summed E-state index contributed by atoms with van der Waals surface area (Å²) >= 11 is 0. The lowest BCUT2D eigenvalue weighted by Crippen LogP contribution is -2.15. The van der Waals surface area contributed by atoms with E-state index in [1.54, 1.807) is 19.4 Å². The van der Waals surface area contributed by atoms with E-state index in [2.05, 4.69) is 35.8 Å². The van der Waals surface area contributed by atoms with Gasteiger partial charge in [-0.15, -0.1) is 0 Å². The van der Waals surface area contributed by atoms with Crippen LogP contribution in [0.2, 0.25) is 0 Å². The molecule has 1 aromatic rings. The summed E-state index contributed by atoms with van der Waals surface area (Å²) in [5.74, 6) is -0.102. The van der Waals surface area contributed by atoms with Crippen molar-refractivity contribution in [2.75, 3.05) is 13.6 Å². The third-order valence-corrected chi connectivity index (χ3v) is 3.92. The fourth-order valence-corrected chi connectivity index (χ4v) is 2.19. The van der Waals surface area contributed by atoms with Gasteiger partial charge in [0.25, 0.3) is 0 Å². The molecule has 0 fully saturated rings. The minimum Gasteiger partial charge on any atom is -0.473 e. The molecule has 0 saturated carbocycles. The molecule has 0 saturated heterocycles. The molecule has 0 atom stereocenters. The van der Waals surface area contributed by atoms with Gasteiger partial charge >= 0.3 is 0 Å². The summed E-state index contributed by atoms with van der Waals surface area (Å²) in [5, 5.41) is 6.02. The van der Waals surface area contributed by atoms with Crippen LogP contribution in [-0.4, -0.2) is 19.5 Å². The number of allylic oxidation sites excluding steroid dienone is 3. The van der Waals surface area contributed by atoms with E-state index in [-0.39, 0.29) is 5.91 Å². The Kier molecular flexibility index (Phi) is 10.5. The van der Waals surface area contributed by atoms with E-state index in [9.17, 15) is 4.79 Å². The first-order chi connectivity index (χ1) is 12.6. The van der Waals surface area contributed by atoms with Crippen LogP contribution in [0.4, 0.5) is 0 Å². The van der Waals surface area contributed by atoms with Crippen LogP contribution < -0.4 is 10.6 Å². The van der Waals surface area contributed by atoms with Crippen LogP contribution >= 0.6 is 0 Å². The van der Waals surface area contributed by atoms with Crippen LogP contribution in [0.5, 0.6) is 0 Å². The van der Waals surface area contributed by atoms with E-state index in [1.165, 1.54) is 22.8 Å². The van der Waals surface area contributed by atoms with Crippen molar-refractivity contribution in [3.63, 3.8) is 0 Å². The Morgan fingerprint density at radius 3 is 2.54 bits per heavy atom. The van der Waals surface area contributed by atoms with Gasteiger partial charge in [0.05, 0.1) is 12.5 Å². The highest BCUT2D eigenvalue weighted by Crippen LogP contribution is 2.13. The van der Waals surface area contributed by atoms with E-state index < -0.39 is 0 Å². The summed E-state index contributed by atoms with van der Waals surface area (Å²) in [6, 6.07) is 8.16. The first kappa shape index (κ1) is 21.5. The van der Waals surface area contributed by atoms with Crippen molar-refractivity contribution in [3.05, 3.63) is 77.3 Å². The molecule has 0 spiro atoms. The Bertz CT molecular complexity index is 668. The van der Waals surface area contributed by atoms with Gasteiger partial charge in [-0.05, 0) is 62.1 Å². The molecular weight excluding hydrogens is 324 g/mol. The summed E-state index contributed by atoms with van der Waals surface area (Å²) in [5.41, 5.74) is 4.63. The van der Waals surface area contributed by atoms with Crippen molar-refractivity contribution in [2.24, 2.45) is 0 Å². The van der Waals surface area contributed by atoms with Crippen LogP contribution in [-0.2, 0) is 16.1 Å². The molecule has 0 bridgehead atoms. The zero-order valence-corrected chi connectivity index (χ0v) is 16.2. The molecule has 4 heteroatoms. The second kappa shape index (κ2) is 12.7. The summed E-state index contributed by atoms with van der Waals surface area (Å²) in [4.78, 5) is 11.2. The Morgan fingerprint density at radius 1 is 1.19 bits per heavy atom. The molecule has 0 aliphatic heterocycles. The largest absolute Gasteiger partial charge is 0.473 e. The van der Waals surface area contributed by atoms with Crippen LogP contribution in [0.1, 0.15) is 38.3 Å². The van der Waals surface area contributed by atoms with E-state index in [4.69, 9.17) is 4.74 Å².